The Morgan fingerprint density at radius 3 is 2.87 bits per heavy atom. The molecule has 1 amide bonds. The highest BCUT2D eigenvalue weighted by molar-refractivity contribution is 5.78. The summed E-state index contributed by atoms with van der Waals surface area (Å²) in [5.41, 5.74) is 0. The van der Waals surface area contributed by atoms with Gasteiger partial charge in [-0.25, -0.2) is 0 Å². The summed E-state index contributed by atoms with van der Waals surface area (Å²) in [5, 5.41) is 3.29. The molecular weight excluding hydrogens is 194 g/mol. The molecule has 84 valence electrons. The van der Waals surface area contributed by atoms with Gasteiger partial charge in [0.25, 0.3) is 0 Å². The van der Waals surface area contributed by atoms with Gasteiger partial charge in [0.15, 0.2) is 0 Å². The fourth-order valence-electron chi connectivity index (χ4n) is 2.58. The second kappa shape index (κ2) is 3.73. The molecule has 0 saturated carbocycles. The molecule has 5 nitrogen and oxygen atoms in total. The summed E-state index contributed by atoms with van der Waals surface area (Å²) in [4.78, 5) is 16.0. The van der Waals surface area contributed by atoms with Crippen molar-refractivity contribution in [1.29, 1.82) is 0 Å². The molecule has 0 radical (unpaired) electrons. The average molecular weight is 211 g/mol. The molecule has 0 bridgehead atoms. The first-order valence-corrected chi connectivity index (χ1v) is 5.66. The van der Waals surface area contributed by atoms with E-state index in [1.54, 1.807) is 0 Å². The molecular formula is C10H17N3O2. The van der Waals surface area contributed by atoms with Crippen molar-refractivity contribution in [3.05, 3.63) is 0 Å². The first kappa shape index (κ1) is 9.57. The summed E-state index contributed by atoms with van der Waals surface area (Å²) in [6.07, 6.45) is 0. The fourth-order valence-corrected chi connectivity index (χ4v) is 2.58. The largest absolute Gasteiger partial charge is 0.369 e. The van der Waals surface area contributed by atoms with Gasteiger partial charge in [-0.05, 0) is 0 Å². The number of carbonyl (C=O) groups excluding carboxylic acids is 1. The number of amides is 1. The number of ether oxygens (including phenoxy) is 1. The molecule has 3 aliphatic rings. The number of fused-ring (bicyclic) bond motifs is 1. The smallest absolute Gasteiger partial charge is 0.248 e. The first-order valence-electron chi connectivity index (χ1n) is 5.66. The molecule has 0 aromatic carbocycles. The van der Waals surface area contributed by atoms with Crippen LogP contribution in [0, 0.1) is 0 Å². The van der Waals surface area contributed by atoms with Crippen LogP contribution < -0.4 is 5.32 Å². The highest BCUT2D eigenvalue weighted by atomic mass is 16.5. The standard InChI is InChI=1S/C10H17N3O2/c14-10-7-15-6-9-5-12(1-2-13(9)10)8-3-11-4-8/h8-9,11H,1-7H2/t9-/m0/s1. The van der Waals surface area contributed by atoms with E-state index in [1.807, 2.05) is 4.90 Å². The molecule has 0 unspecified atom stereocenters. The van der Waals surface area contributed by atoms with Crippen molar-refractivity contribution in [2.24, 2.45) is 0 Å². The highest BCUT2D eigenvalue weighted by Crippen LogP contribution is 2.17. The Morgan fingerprint density at radius 2 is 2.13 bits per heavy atom. The van der Waals surface area contributed by atoms with Crippen LogP contribution in [0.3, 0.4) is 0 Å². The maximum absolute atomic E-state index is 11.6. The van der Waals surface area contributed by atoms with E-state index in [-0.39, 0.29) is 12.5 Å². The first-order chi connectivity index (χ1) is 7.34. The predicted molar refractivity (Wildman–Crippen MR) is 54.6 cm³/mol. The number of morpholine rings is 1. The van der Waals surface area contributed by atoms with E-state index in [0.717, 1.165) is 32.7 Å². The van der Waals surface area contributed by atoms with E-state index in [1.165, 1.54) is 0 Å². The minimum absolute atomic E-state index is 0.164. The molecule has 3 aliphatic heterocycles. The summed E-state index contributed by atoms with van der Waals surface area (Å²) < 4.78 is 5.30. The zero-order chi connectivity index (χ0) is 10.3. The Kier molecular flexibility index (Phi) is 2.38. The number of carbonyl (C=O) groups is 1. The lowest BCUT2D eigenvalue weighted by Crippen LogP contribution is -2.66. The van der Waals surface area contributed by atoms with E-state index in [2.05, 4.69) is 10.2 Å². The van der Waals surface area contributed by atoms with Gasteiger partial charge >= 0.3 is 0 Å². The Bertz CT molecular complexity index is 267. The zero-order valence-electron chi connectivity index (χ0n) is 8.82. The Balaban J connectivity index is 1.64. The quantitative estimate of drug-likeness (QED) is 0.573. The van der Waals surface area contributed by atoms with Gasteiger partial charge in [0.1, 0.15) is 6.61 Å². The molecule has 0 aromatic rings. The fraction of sp³-hybridized carbons (Fsp3) is 0.900. The molecule has 5 heteroatoms. The molecule has 3 saturated heterocycles. The summed E-state index contributed by atoms with van der Waals surface area (Å²) in [6, 6.07) is 0.977. The van der Waals surface area contributed by atoms with Crippen LogP contribution >= 0.6 is 0 Å². The van der Waals surface area contributed by atoms with Crippen molar-refractivity contribution < 1.29 is 9.53 Å². The lowest BCUT2D eigenvalue weighted by atomic mass is 10.1. The van der Waals surface area contributed by atoms with Crippen LogP contribution in [0.15, 0.2) is 0 Å². The van der Waals surface area contributed by atoms with E-state index in [9.17, 15) is 4.79 Å². The van der Waals surface area contributed by atoms with Gasteiger partial charge in [-0.2, -0.15) is 0 Å². The number of hydrogen-bond donors (Lipinski definition) is 1. The van der Waals surface area contributed by atoms with Gasteiger partial charge in [0, 0.05) is 38.8 Å². The normalized spacial score (nSPS) is 33.7. The molecule has 3 heterocycles. The third-order valence-electron chi connectivity index (χ3n) is 3.65. The Hall–Kier alpha value is -0.650. The molecule has 3 rings (SSSR count). The molecule has 0 spiro atoms. The number of rotatable bonds is 1. The van der Waals surface area contributed by atoms with Gasteiger partial charge < -0.3 is 15.0 Å². The zero-order valence-corrected chi connectivity index (χ0v) is 8.82. The van der Waals surface area contributed by atoms with Crippen molar-refractivity contribution in [3.8, 4) is 0 Å². The van der Waals surface area contributed by atoms with Crippen LogP contribution in [-0.4, -0.2) is 73.7 Å². The van der Waals surface area contributed by atoms with Gasteiger partial charge in [0.2, 0.25) is 5.91 Å². The van der Waals surface area contributed by atoms with E-state index < -0.39 is 0 Å². The maximum Gasteiger partial charge on any atom is 0.248 e. The Labute approximate surface area is 89.4 Å². The number of nitrogens with zero attached hydrogens (tertiary/aromatic N) is 2. The molecule has 1 atom stereocenters. The molecule has 1 N–H and O–H groups in total. The molecule has 3 fully saturated rings. The van der Waals surface area contributed by atoms with Gasteiger partial charge in [-0.3, -0.25) is 9.69 Å². The van der Waals surface area contributed by atoms with Crippen molar-refractivity contribution in [2.45, 2.75) is 12.1 Å². The topological polar surface area (TPSA) is 44.8 Å². The van der Waals surface area contributed by atoms with Crippen molar-refractivity contribution in [3.63, 3.8) is 0 Å². The number of piperazine rings is 1. The number of hydrogen-bond acceptors (Lipinski definition) is 4. The van der Waals surface area contributed by atoms with Crippen LogP contribution in [0.4, 0.5) is 0 Å². The summed E-state index contributed by atoms with van der Waals surface area (Å²) in [7, 11) is 0. The maximum atomic E-state index is 11.6. The SMILES string of the molecule is O=C1COC[C@@H]2CN(C3CNC3)CCN12. The van der Waals surface area contributed by atoms with Gasteiger partial charge in [0.05, 0.1) is 12.6 Å². The summed E-state index contributed by atoms with van der Waals surface area (Å²) in [5.74, 6) is 0.164. The second-order valence-electron chi connectivity index (χ2n) is 4.56. The third kappa shape index (κ3) is 1.64. The van der Waals surface area contributed by atoms with Gasteiger partial charge in [-0.1, -0.05) is 0 Å². The van der Waals surface area contributed by atoms with Crippen LogP contribution in [0.25, 0.3) is 0 Å². The van der Waals surface area contributed by atoms with E-state index in [4.69, 9.17) is 4.74 Å². The van der Waals surface area contributed by atoms with E-state index >= 15 is 0 Å². The monoisotopic (exact) mass is 211 g/mol. The summed E-state index contributed by atoms with van der Waals surface area (Å²) in [6.45, 7) is 6.07. The van der Waals surface area contributed by atoms with Crippen molar-refractivity contribution in [1.82, 2.24) is 15.1 Å². The van der Waals surface area contributed by atoms with Crippen LogP contribution in [0.2, 0.25) is 0 Å². The van der Waals surface area contributed by atoms with Crippen molar-refractivity contribution >= 4 is 5.91 Å². The number of nitrogens with one attached hydrogen (secondary N) is 1. The Morgan fingerprint density at radius 1 is 1.27 bits per heavy atom. The van der Waals surface area contributed by atoms with E-state index in [0.29, 0.717) is 18.7 Å². The highest BCUT2D eigenvalue weighted by Gasteiger charge is 2.37. The average Bonchev–Trinajstić information content (AvgIpc) is 2.15. The second-order valence-corrected chi connectivity index (χ2v) is 4.56. The van der Waals surface area contributed by atoms with Gasteiger partial charge in [-0.15, -0.1) is 0 Å². The predicted octanol–water partition coefficient (Wildman–Crippen LogP) is -1.50. The minimum atomic E-state index is 0.164. The minimum Gasteiger partial charge on any atom is -0.369 e. The van der Waals surface area contributed by atoms with Crippen LogP contribution in [-0.2, 0) is 9.53 Å². The van der Waals surface area contributed by atoms with Crippen molar-refractivity contribution in [2.75, 3.05) is 45.9 Å². The van der Waals surface area contributed by atoms with Crippen LogP contribution in [0.1, 0.15) is 0 Å². The third-order valence-corrected chi connectivity index (χ3v) is 3.65. The lowest BCUT2D eigenvalue weighted by Gasteiger charge is -2.48. The summed E-state index contributed by atoms with van der Waals surface area (Å²) >= 11 is 0. The van der Waals surface area contributed by atoms with Crippen LogP contribution in [0.5, 0.6) is 0 Å². The lowest BCUT2D eigenvalue weighted by molar-refractivity contribution is -0.153. The molecule has 0 aliphatic carbocycles. The molecule has 15 heavy (non-hydrogen) atoms. The molecule has 0 aromatic heterocycles.